The molecule has 0 aliphatic carbocycles. The van der Waals surface area contributed by atoms with Crippen LogP contribution in [0.25, 0.3) is 0 Å². The molecule has 3 rings (SSSR count). The van der Waals surface area contributed by atoms with Crippen molar-refractivity contribution >= 4 is 27.6 Å². The molecule has 0 saturated carbocycles. The topological polar surface area (TPSA) is 42.0 Å². The van der Waals surface area contributed by atoms with Crippen LogP contribution in [0.4, 0.5) is 10.5 Å². The number of halogens is 1. The van der Waals surface area contributed by atoms with Gasteiger partial charge in [-0.2, -0.15) is 0 Å². The summed E-state index contributed by atoms with van der Waals surface area (Å²) in [7, 11) is 0. The zero-order valence-electron chi connectivity index (χ0n) is 14.2. The fraction of sp³-hybridized carbons (Fsp3) is 0.611. The van der Waals surface area contributed by atoms with Crippen molar-refractivity contribution in [3.05, 3.63) is 28.2 Å². The highest BCUT2D eigenvalue weighted by Gasteiger charge is 2.29. The summed E-state index contributed by atoms with van der Waals surface area (Å²) < 4.78 is 12.3. The van der Waals surface area contributed by atoms with Crippen LogP contribution in [0.15, 0.2) is 22.7 Å². The van der Waals surface area contributed by atoms with E-state index in [-0.39, 0.29) is 12.3 Å². The molecule has 24 heavy (non-hydrogen) atoms. The monoisotopic (exact) mass is 396 g/mol. The van der Waals surface area contributed by atoms with Gasteiger partial charge in [0.2, 0.25) is 0 Å². The molecule has 1 atom stereocenters. The lowest BCUT2D eigenvalue weighted by molar-refractivity contribution is -0.162. The maximum Gasteiger partial charge on any atom is 0.324 e. The Labute approximate surface area is 152 Å². The molecule has 2 aliphatic heterocycles. The molecule has 2 fully saturated rings. The predicted octanol–water partition coefficient (Wildman–Crippen LogP) is 3.93. The Morgan fingerprint density at radius 1 is 1.33 bits per heavy atom. The van der Waals surface area contributed by atoms with Crippen molar-refractivity contribution in [2.45, 2.75) is 38.9 Å². The van der Waals surface area contributed by atoms with E-state index >= 15 is 0 Å². The van der Waals surface area contributed by atoms with E-state index in [1.54, 1.807) is 0 Å². The summed E-state index contributed by atoms with van der Waals surface area (Å²) in [5.41, 5.74) is 2.11. The van der Waals surface area contributed by atoms with Gasteiger partial charge in [0, 0.05) is 36.4 Å². The fourth-order valence-corrected chi connectivity index (χ4v) is 3.72. The number of ether oxygens (including phenoxy) is 2. The van der Waals surface area contributed by atoms with Crippen molar-refractivity contribution in [3.63, 3.8) is 0 Å². The Hall–Kier alpha value is -1.11. The van der Waals surface area contributed by atoms with E-state index in [2.05, 4.69) is 15.9 Å². The van der Waals surface area contributed by atoms with Crippen molar-refractivity contribution in [1.29, 1.82) is 0 Å². The fourth-order valence-electron chi connectivity index (χ4n) is 3.25. The summed E-state index contributed by atoms with van der Waals surface area (Å²) in [4.78, 5) is 16.4. The number of benzene rings is 1. The third kappa shape index (κ3) is 4.29. The lowest BCUT2D eigenvalue weighted by Gasteiger charge is -2.23. The lowest BCUT2D eigenvalue weighted by Crippen LogP contribution is -2.33. The van der Waals surface area contributed by atoms with Gasteiger partial charge in [-0.05, 0) is 56.4 Å². The van der Waals surface area contributed by atoms with Gasteiger partial charge >= 0.3 is 6.03 Å². The Bertz CT molecular complexity index is 575. The number of carbonyl (C=O) groups excluding carboxylic acids is 1. The van der Waals surface area contributed by atoms with E-state index < -0.39 is 0 Å². The first-order valence-electron chi connectivity index (χ1n) is 8.71. The predicted molar refractivity (Wildman–Crippen MR) is 97.4 cm³/mol. The van der Waals surface area contributed by atoms with Crippen LogP contribution < -0.4 is 4.90 Å². The molecular formula is C18H25BrN2O3. The van der Waals surface area contributed by atoms with Crippen molar-refractivity contribution in [1.82, 2.24) is 4.90 Å². The number of hydrogen-bond donors (Lipinski definition) is 0. The molecule has 1 unspecified atom stereocenters. The van der Waals surface area contributed by atoms with Crippen LogP contribution in [-0.4, -0.2) is 50.1 Å². The molecule has 1 aromatic carbocycles. The highest BCUT2D eigenvalue weighted by molar-refractivity contribution is 9.10. The average molecular weight is 397 g/mol. The maximum absolute atomic E-state index is 12.6. The molecule has 2 saturated heterocycles. The molecule has 2 heterocycles. The minimum atomic E-state index is -0.0463. The molecule has 0 bridgehead atoms. The molecule has 2 aliphatic rings. The van der Waals surface area contributed by atoms with E-state index in [4.69, 9.17) is 9.47 Å². The first kappa shape index (κ1) is 17.7. The molecule has 132 valence electrons. The van der Waals surface area contributed by atoms with Crippen molar-refractivity contribution in [2.75, 3.05) is 37.7 Å². The van der Waals surface area contributed by atoms with E-state index in [9.17, 15) is 4.79 Å². The van der Waals surface area contributed by atoms with Gasteiger partial charge in [-0.1, -0.05) is 15.9 Å². The summed E-state index contributed by atoms with van der Waals surface area (Å²) in [6.45, 7) is 5.73. The highest BCUT2D eigenvalue weighted by atomic mass is 79.9. The van der Waals surface area contributed by atoms with E-state index in [1.807, 2.05) is 34.9 Å². The smallest absolute Gasteiger partial charge is 0.324 e. The Kier molecular flexibility index (Phi) is 6.14. The van der Waals surface area contributed by atoms with Gasteiger partial charge in [0.15, 0.2) is 6.29 Å². The number of aryl methyl sites for hydroxylation is 1. The Morgan fingerprint density at radius 2 is 2.21 bits per heavy atom. The van der Waals surface area contributed by atoms with Crippen molar-refractivity contribution in [3.8, 4) is 0 Å². The van der Waals surface area contributed by atoms with E-state index in [0.717, 1.165) is 61.2 Å². The van der Waals surface area contributed by atoms with E-state index in [1.165, 1.54) is 6.42 Å². The molecule has 5 nitrogen and oxygen atoms in total. The Morgan fingerprint density at radius 3 is 2.96 bits per heavy atom. The van der Waals surface area contributed by atoms with Crippen LogP contribution in [0.3, 0.4) is 0 Å². The van der Waals surface area contributed by atoms with Gasteiger partial charge in [-0.15, -0.1) is 0 Å². The second-order valence-electron chi connectivity index (χ2n) is 6.37. The van der Waals surface area contributed by atoms with Gasteiger partial charge in [0.1, 0.15) is 0 Å². The number of urea groups is 1. The highest BCUT2D eigenvalue weighted by Crippen LogP contribution is 2.27. The molecule has 0 radical (unpaired) electrons. The minimum absolute atomic E-state index is 0.0463. The van der Waals surface area contributed by atoms with Crippen LogP contribution in [-0.2, 0) is 9.47 Å². The van der Waals surface area contributed by atoms with Crippen molar-refractivity contribution in [2.24, 2.45) is 0 Å². The normalized spacial score (nSPS) is 21.6. The van der Waals surface area contributed by atoms with Gasteiger partial charge in [-0.3, -0.25) is 4.90 Å². The average Bonchev–Trinajstić information content (AvgIpc) is 2.93. The second-order valence-corrected chi connectivity index (χ2v) is 7.29. The van der Waals surface area contributed by atoms with Gasteiger partial charge in [-0.25, -0.2) is 4.79 Å². The maximum atomic E-state index is 12.6. The van der Waals surface area contributed by atoms with Gasteiger partial charge < -0.3 is 14.4 Å². The van der Waals surface area contributed by atoms with Crippen LogP contribution in [0.2, 0.25) is 0 Å². The van der Waals surface area contributed by atoms with Crippen LogP contribution in [0.5, 0.6) is 0 Å². The standard InChI is InChI=1S/C18H25BrN2O3/c1-14-13-15(19)6-7-16(14)21-10-9-20(18(21)22)8-4-12-24-17-5-2-3-11-23-17/h6-7,13,17H,2-5,8-12H2,1H3. The summed E-state index contributed by atoms with van der Waals surface area (Å²) in [6.07, 6.45) is 4.09. The van der Waals surface area contributed by atoms with Crippen LogP contribution >= 0.6 is 15.9 Å². The number of rotatable bonds is 6. The molecule has 0 aromatic heterocycles. The quantitative estimate of drug-likeness (QED) is 0.683. The number of anilines is 1. The second kappa shape index (κ2) is 8.32. The summed E-state index contributed by atoms with van der Waals surface area (Å²) in [5, 5.41) is 0. The lowest BCUT2D eigenvalue weighted by atomic mass is 10.2. The molecule has 0 N–H and O–H groups in total. The largest absolute Gasteiger partial charge is 0.353 e. The summed E-state index contributed by atoms with van der Waals surface area (Å²) in [5.74, 6) is 0. The van der Waals surface area contributed by atoms with E-state index in [0.29, 0.717) is 6.61 Å². The molecule has 1 aromatic rings. The zero-order chi connectivity index (χ0) is 16.9. The number of amides is 2. The molecule has 6 heteroatoms. The first-order chi connectivity index (χ1) is 11.6. The number of carbonyl (C=O) groups is 1. The third-order valence-electron chi connectivity index (χ3n) is 4.56. The summed E-state index contributed by atoms with van der Waals surface area (Å²) >= 11 is 3.47. The zero-order valence-corrected chi connectivity index (χ0v) is 15.8. The Balaban J connectivity index is 1.45. The van der Waals surface area contributed by atoms with Crippen LogP contribution in [0.1, 0.15) is 31.2 Å². The number of hydrogen-bond acceptors (Lipinski definition) is 3. The SMILES string of the molecule is Cc1cc(Br)ccc1N1CCN(CCCOC2CCCCO2)C1=O. The third-order valence-corrected chi connectivity index (χ3v) is 5.05. The van der Waals surface area contributed by atoms with Crippen molar-refractivity contribution < 1.29 is 14.3 Å². The number of nitrogens with zero attached hydrogens (tertiary/aromatic N) is 2. The minimum Gasteiger partial charge on any atom is -0.353 e. The van der Waals surface area contributed by atoms with Crippen LogP contribution in [0, 0.1) is 6.92 Å². The molecule has 0 spiro atoms. The first-order valence-corrected chi connectivity index (χ1v) is 9.50. The molecular weight excluding hydrogens is 372 g/mol. The summed E-state index contributed by atoms with van der Waals surface area (Å²) in [6, 6.07) is 6.12. The van der Waals surface area contributed by atoms with Gasteiger partial charge in [0.25, 0.3) is 0 Å². The molecule has 2 amide bonds. The van der Waals surface area contributed by atoms with Gasteiger partial charge in [0.05, 0.1) is 6.61 Å².